The molecule has 96 valence electrons. The van der Waals surface area contributed by atoms with Crippen molar-refractivity contribution in [2.45, 2.75) is 51.0 Å². The van der Waals surface area contributed by atoms with Crippen LogP contribution in [0.3, 0.4) is 0 Å². The molecule has 1 aliphatic carbocycles. The molecule has 1 fully saturated rings. The molecule has 1 aromatic rings. The molecule has 0 aromatic carbocycles. The molecule has 0 spiro atoms. The van der Waals surface area contributed by atoms with Gasteiger partial charge in [0, 0.05) is 7.05 Å². The van der Waals surface area contributed by atoms with Crippen LogP contribution in [0.15, 0.2) is 4.60 Å². The van der Waals surface area contributed by atoms with Crippen molar-refractivity contribution in [1.82, 2.24) is 15.0 Å². The Balaban J connectivity index is 2.12. The molecule has 1 heterocycles. The highest BCUT2D eigenvalue weighted by Gasteiger charge is 2.38. The molecule has 0 saturated heterocycles. The Morgan fingerprint density at radius 2 is 2.12 bits per heavy atom. The molecule has 5 heteroatoms. The number of rotatable bonds is 3. The van der Waals surface area contributed by atoms with Gasteiger partial charge in [-0.25, -0.2) is 4.68 Å². The fourth-order valence-corrected chi connectivity index (χ4v) is 3.61. The molecule has 1 aromatic heterocycles. The van der Waals surface area contributed by atoms with Gasteiger partial charge in [-0.05, 0) is 47.5 Å². The van der Waals surface area contributed by atoms with Gasteiger partial charge in [0.15, 0.2) is 4.60 Å². The number of hydrogen-bond acceptors (Lipinski definition) is 3. The maximum Gasteiger partial charge on any atom is 0.154 e. The van der Waals surface area contributed by atoms with E-state index < -0.39 is 5.60 Å². The van der Waals surface area contributed by atoms with E-state index in [-0.39, 0.29) is 0 Å². The first-order valence-corrected chi connectivity index (χ1v) is 7.14. The average Bonchev–Trinajstić information content (AvgIpc) is 2.63. The van der Waals surface area contributed by atoms with Crippen molar-refractivity contribution in [3.63, 3.8) is 0 Å². The van der Waals surface area contributed by atoms with Crippen LogP contribution in [0.5, 0.6) is 0 Å². The number of nitrogens with zero attached hydrogens (tertiary/aromatic N) is 3. The molecule has 1 aliphatic rings. The van der Waals surface area contributed by atoms with E-state index in [0.717, 1.165) is 37.3 Å². The molecule has 0 amide bonds. The molecular weight excluding hydrogens is 282 g/mol. The van der Waals surface area contributed by atoms with Crippen molar-refractivity contribution in [3.05, 3.63) is 10.3 Å². The fraction of sp³-hybridized carbons (Fsp3) is 0.833. The molecule has 1 saturated carbocycles. The van der Waals surface area contributed by atoms with E-state index in [1.54, 1.807) is 4.68 Å². The molecule has 0 bridgehead atoms. The third-order valence-corrected chi connectivity index (χ3v) is 4.39. The van der Waals surface area contributed by atoms with Gasteiger partial charge in [0.1, 0.15) is 11.3 Å². The van der Waals surface area contributed by atoms with Gasteiger partial charge < -0.3 is 5.11 Å². The third kappa shape index (κ3) is 2.55. The largest absolute Gasteiger partial charge is 0.383 e. The zero-order valence-electron chi connectivity index (χ0n) is 10.5. The van der Waals surface area contributed by atoms with Gasteiger partial charge in [0.25, 0.3) is 0 Å². The number of hydrogen-bond donors (Lipinski definition) is 1. The first-order valence-electron chi connectivity index (χ1n) is 6.35. The minimum absolute atomic E-state index is 0.677. The molecule has 0 unspecified atom stereocenters. The van der Waals surface area contributed by atoms with Crippen molar-refractivity contribution < 1.29 is 5.11 Å². The van der Waals surface area contributed by atoms with Crippen LogP contribution in [-0.2, 0) is 12.6 Å². The molecule has 0 radical (unpaired) electrons. The lowest BCUT2D eigenvalue weighted by Crippen LogP contribution is -2.33. The normalized spacial score (nSPS) is 29.5. The van der Waals surface area contributed by atoms with Crippen LogP contribution in [0.25, 0.3) is 0 Å². The van der Waals surface area contributed by atoms with E-state index in [1.165, 1.54) is 12.8 Å². The highest BCUT2D eigenvalue weighted by atomic mass is 79.9. The van der Waals surface area contributed by atoms with Crippen LogP contribution in [-0.4, -0.2) is 20.1 Å². The zero-order chi connectivity index (χ0) is 12.5. The number of aryl methyl sites for hydroxylation is 1. The Morgan fingerprint density at radius 3 is 2.59 bits per heavy atom. The summed E-state index contributed by atoms with van der Waals surface area (Å²) >= 11 is 3.38. The van der Waals surface area contributed by atoms with E-state index in [2.05, 4.69) is 33.2 Å². The second-order valence-corrected chi connectivity index (χ2v) is 5.87. The number of aliphatic hydroxyl groups is 1. The maximum atomic E-state index is 10.7. The summed E-state index contributed by atoms with van der Waals surface area (Å²) in [5.74, 6) is 0.778. The third-order valence-electron chi connectivity index (χ3n) is 3.86. The lowest BCUT2D eigenvalue weighted by molar-refractivity contribution is -0.0226. The molecule has 1 N–H and O–H groups in total. The Bertz CT molecular complexity index is 364. The second-order valence-electron chi connectivity index (χ2n) is 5.12. The van der Waals surface area contributed by atoms with Crippen LogP contribution in [0.4, 0.5) is 0 Å². The topological polar surface area (TPSA) is 50.9 Å². The van der Waals surface area contributed by atoms with E-state index in [1.807, 2.05) is 7.05 Å². The minimum Gasteiger partial charge on any atom is -0.383 e. The quantitative estimate of drug-likeness (QED) is 0.934. The number of aromatic nitrogens is 3. The Hall–Kier alpha value is -0.420. The summed E-state index contributed by atoms with van der Waals surface area (Å²) in [6, 6.07) is 0. The fourth-order valence-electron chi connectivity index (χ4n) is 2.91. The van der Waals surface area contributed by atoms with Crippen molar-refractivity contribution in [2.24, 2.45) is 13.0 Å². The van der Waals surface area contributed by atoms with Gasteiger partial charge in [0.05, 0.1) is 0 Å². The minimum atomic E-state index is -0.749. The SMILES string of the molecule is CCCC1CCC(O)(c2c(Br)nnn2C)CC1. The molecule has 0 aliphatic heterocycles. The van der Waals surface area contributed by atoms with E-state index in [9.17, 15) is 5.11 Å². The first-order chi connectivity index (χ1) is 8.07. The van der Waals surface area contributed by atoms with Gasteiger partial charge in [-0.15, -0.1) is 5.10 Å². The molecular formula is C12H20BrN3O. The summed E-state index contributed by atoms with van der Waals surface area (Å²) in [6.45, 7) is 2.22. The van der Waals surface area contributed by atoms with Gasteiger partial charge in [-0.1, -0.05) is 25.0 Å². The first kappa shape index (κ1) is 13.0. The van der Waals surface area contributed by atoms with Crippen molar-refractivity contribution in [2.75, 3.05) is 0 Å². The summed E-state index contributed by atoms with van der Waals surface area (Å²) in [4.78, 5) is 0. The van der Waals surface area contributed by atoms with Crippen LogP contribution >= 0.6 is 15.9 Å². The van der Waals surface area contributed by atoms with Gasteiger partial charge in [0.2, 0.25) is 0 Å². The van der Waals surface area contributed by atoms with Gasteiger partial charge in [-0.2, -0.15) is 0 Å². The van der Waals surface area contributed by atoms with E-state index in [4.69, 9.17) is 0 Å². The molecule has 0 atom stereocenters. The lowest BCUT2D eigenvalue weighted by atomic mass is 9.76. The van der Waals surface area contributed by atoms with Crippen molar-refractivity contribution in [1.29, 1.82) is 0 Å². The highest BCUT2D eigenvalue weighted by molar-refractivity contribution is 9.10. The zero-order valence-corrected chi connectivity index (χ0v) is 12.1. The molecule has 2 rings (SSSR count). The van der Waals surface area contributed by atoms with E-state index in [0.29, 0.717) is 4.60 Å². The Kier molecular flexibility index (Phi) is 3.88. The van der Waals surface area contributed by atoms with Crippen molar-refractivity contribution >= 4 is 15.9 Å². The monoisotopic (exact) mass is 301 g/mol. The second kappa shape index (κ2) is 5.06. The summed E-state index contributed by atoms with van der Waals surface area (Å²) in [5, 5.41) is 18.7. The predicted molar refractivity (Wildman–Crippen MR) is 69.5 cm³/mol. The van der Waals surface area contributed by atoms with Crippen LogP contribution < -0.4 is 0 Å². The maximum absolute atomic E-state index is 10.7. The standard InChI is InChI=1S/C12H20BrN3O/c1-3-4-9-5-7-12(17,8-6-9)10-11(13)14-15-16(10)2/h9,17H,3-8H2,1-2H3. The highest BCUT2D eigenvalue weighted by Crippen LogP contribution is 2.42. The molecule has 4 nitrogen and oxygen atoms in total. The summed E-state index contributed by atoms with van der Waals surface area (Å²) in [5.41, 5.74) is 0.0777. The van der Waals surface area contributed by atoms with E-state index >= 15 is 0 Å². The Morgan fingerprint density at radius 1 is 1.47 bits per heavy atom. The van der Waals surface area contributed by atoms with Crippen molar-refractivity contribution in [3.8, 4) is 0 Å². The van der Waals surface area contributed by atoms with Crippen LogP contribution in [0, 0.1) is 5.92 Å². The summed E-state index contributed by atoms with van der Waals surface area (Å²) in [6.07, 6.45) is 6.35. The summed E-state index contributed by atoms with van der Waals surface area (Å²) < 4.78 is 2.36. The molecule has 17 heavy (non-hydrogen) atoms. The number of halogens is 1. The van der Waals surface area contributed by atoms with Crippen LogP contribution in [0.1, 0.15) is 51.1 Å². The summed E-state index contributed by atoms with van der Waals surface area (Å²) in [7, 11) is 1.84. The van der Waals surface area contributed by atoms with Gasteiger partial charge >= 0.3 is 0 Å². The predicted octanol–water partition coefficient (Wildman–Crippen LogP) is 2.76. The average molecular weight is 302 g/mol. The van der Waals surface area contributed by atoms with Crippen LogP contribution in [0.2, 0.25) is 0 Å². The lowest BCUT2D eigenvalue weighted by Gasteiger charge is -2.35. The van der Waals surface area contributed by atoms with Gasteiger partial charge in [-0.3, -0.25) is 0 Å². The smallest absolute Gasteiger partial charge is 0.154 e. The Labute approximate surface area is 111 Å².